The largest absolute Gasteiger partial charge is 0.354 e. The summed E-state index contributed by atoms with van der Waals surface area (Å²) < 4.78 is 0. The van der Waals surface area contributed by atoms with Crippen LogP contribution in [0.4, 0.5) is 0 Å². The lowest BCUT2D eigenvalue weighted by molar-refractivity contribution is -0.139. The summed E-state index contributed by atoms with van der Waals surface area (Å²) in [6, 6.07) is 13.4. The Balaban J connectivity index is 2.15. The lowest BCUT2D eigenvalue weighted by Crippen LogP contribution is -2.50. The lowest BCUT2D eigenvalue weighted by Gasteiger charge is -2.31. The third-order valence-electron chi connectivity index (χ3n) is 5.14. The number of halogens is 1. The van der Waals surface area contributed by atoms with E-state index in [1.807, 2.05) is 31.2 Å². The van der Waals surface area contributed by atoms with Crippen molar-refractivity contribution >= 4 is 35.2 Å². The molecule has 0 unspecified atom stereocenters. The van der Waals surface area contributed by atoms with Crippen LogP contribution in [0.3, 0.4) is 0 Å². The van der Waals surface area contributed by atoms with E-state index in [0.29, 0.717) is 36.2 Å². The molecule has 4 nitrogen and oxygen atoms in total. The molecule has 1 N–H and O–H groups in total. The maximum atomic E-state index is 13.3. The van der Waals surface area contributed by atoms with E-state index in [0.717, 1.165) is 11.3 Å². The van der Waals surface area contributed by atoms with Crippen molar-refractivity contribution in [2.45, 2.75) is 59.4 Å². The zero-order valence-corrected chi connectivity index (χ0v) is 21.4. The maximum Gasteiger partial charge on any atom is 0.242 e. The molecule has 1 atom stereocenters. The van der Waals surface area contributed by atoms with Crippen LogP contribution in [0.15, 0.2) is 42.5 Å². The van der Waals surface area contributed by atoms with Crippen LogP contribution >= 0.6 is 23.4 Å². The van der Waals surface area contributed by atoms with Crippen LogP contribution in [0, 0.1) is 19.8 Å². The molecule has 0 spiro atoms. The van der Waals surface area contributed by atoms with Gasteiger partial charge in [0.1, 0.15) is 6.04 Å². The summed E-state index contributed by atoms with van der Waals surface area (Å²) >= 11 is 7.95. The molecule has 0 saturated heterocycles. The molecule has 0 heterocycles. The fraction of sp³-hybridized carbons (Fsp3) is 0.462. The topological polar surface area (TPSA) is 49.4 Å². The number of hydrogen-bond donors (Lipinski definition) is 1. The van der Waals surface area contributed by atoms with Gasteiger partial charge in [0.15, 0.2) is 0 Å². The third kappa shape index (κ3) is 8.18. The molecular weight excluding hydrogens is 440 g/mol. The van der Waals surface area contributed by atoms with Gasteiger partial charge >= 0.3 is 0 Å². The van der Waals surface area contributed by atoms with E-state index in [2.05, 4.69) is 51.2 Å². The molecule has 174 valence electrons. The molecule has 0 aromatic heterocycles. The van der Waals surface area contributed by atoms with Crippen LogP contribution in [0.5, 0.6) is 0 Å². The number of carbonyl (C=O) groups excluding carboxylic acids is 2. The average molecular weight is 475 g/mol. The second-order valence-electron chi connectivity index (χ2n) is 8.66. The molecule has 2 aromatic carbocycles. The van der Waals surface area contributed by atoms with Gasteiger partial charge in [-0.1, -0.05) is 79.9 Å². The second-order valence-corrected chi connectivity index (χ2v) is 10.1. The molecule has 0 bridgehead atoms. The van der Waals surface area contributed by atoms with Crippen LogP contribution in [-0.2, 0) is 21.9 Å². The Morgan fingerprint density at radius 3 is 2.34 bits per heavy atom. The summed E-state index contributed by atoms with van der Waals surface area (Å²) in [7, 11) is 0. The predicted octanol–water partition coefficient (Wildman–Crippen LogP) is 5.77. The zero-order chi connectivity index (χ0) is 23.7. The van der Waals surface area contributed by atoms with E-state index in [4.69, 9.17) is 11.6 Å². The Labute approximate surface area is 202 Å². The molecule has 0 saturated carbocycles. The number of aryl methyl sites for hydroxylation is 2. The highest BCUT2D eigenvalue weighted by Crippen LogP contribution is 2.22. The predicted molar refractivity (Wildman–Crippen MR) is 136 cm³/mol. The average Bonchev–Trinajstić information content (AvgIpc) is 2.72. The lowest BCUT2D eigenvalue weighted by atomic mass is 10.1. The molecular formula is C26H35ClN2O2S. The molecule has 6 heteroatoms. The quantitative estimate of drug-likeness (QED) is 0.449. The van der Waals surface area contributed by atoms with Crippen molar-refractivity contribution in [2.24, 2.45) is 5.92 Å². The van der Waals surface area contributed by atoms with E-state index < -0.39 is 6.04 Å². The van der Waals surface area contributed by atoms with E-state index in [-0.39, 0.29) is 11.8 Å². The Kier molecular flexibility index (Phi) is 10.6. The van der Waals surface area contributed by atoms with Crippen molar-refractivity contribution in [3.8, 4) is 0 Å². The number of hydrogen-bond acceptors (Lipinski definition) is 3. The number of benzene rings is 2. The summed E-state index contributed by atoms with van der Waals surface area (Å²) in [6.45, 7) is 11.1. The number of amides is 2. The minimum Gasteiger partial charge on any atom is -0.354 e. The monoisotopic (exact) mass is 474 g/mol. The molecule has 0 aliphatic carbocycles. The van der Waals surface area contributed by atoms with Gasteiger partial charge in [0.25, 0.3) is 0 Å². The number of nitrogens with zero attached hydrogens (tertiary/aromatic N) is 1. The molecule has 0 aliphatic rings. The maximum absolute atomic E-state index is 13.3. The Morgan fingerprint density at radius 2 is 1.75 bits per heavy atom. The first-order chi connectivity index (χ1) is 15.2. The van der Waals surface area contributed by atoms with Crippen LogP contribution < -0.4 is 5.32 Å². The van der Waals surface area contributed by atoms with Crippen LogP contribution in [0.2, 0.25) is 5.02 Å². The van der Waals surface area contributed by atoms with Crippen LogP contribution in [-0.4, -0.2) is 35.1 Å². The number of rotatable bonds is 11. The summed E-state index contributed by atoms with van der Waals surface area (Å²) in [4.78, 5) is 27.9. The number of thioether (sulfide) groups is 1. The standard InChI is InChI=1S/C26H35ClN2O2S/c1-6-24(26(31)28-14-18(2)3)29(15-22-9-7-8-10-23(22)27)25(30)17-32-16-21-12-19(4)11-20(5)13-21/h7-13,18,24H,6,14-17H2,1-5H3,(H,28,31)/t24-/m0/s1. The van der Waals surface area contributed by atoms with Gasteiger partial charge in [-0.15, -0.1) is 11.8 Å². The zero-order valence-electron chi connectivity index (χ0n) is 19.8. The van der Waals surface area contributed by atoms with Crippen molar-refractivity contribution in [1.82, 2.24) is 10.2 Å². The fourth-order valence-electron chi connectivity index (χ4n) is 3.64. The van der Waals surface area contributed by atoms with Crippen molar-refractivity contribution < 1.29 is 9.59 Å². The van der Waals surface area contributed by atoms with Gasteiger partial charge in [-0.3, -0.25) is 9.59 Å². The van der Waals surface area contributed by atoms with Crippen molar-refractivity contribution in [1.29, 1.82) is 0 Å². The van der Waals surface area contributed by atoms with Gasteiger partial charge in [0.2, 0.25) is 11.8 Å². The Hall–Kier alpha value is -1.98. The molecule has 2 amide bonds. The molecule has 0 radical (unpaired) electrons. The Morgan fingerprint density at radius 1 is 1.09 bits per heavy atom. The second kappa shape index (κ2) is 12.9. The SMILES string of the molecule is CC[C@@H](C(=O)NCC(C)C)N(Cc1ccccc1Cl)C(=O)CSCc1cc(C)cc(C)c1. The summed E-state index contributed by atoms with van der Waals surface area (Å²) in [5, 5.41) is 3.59. The van der Waals surface area contributed by atoms with Gasteiger partial charge in [0.05, 0.1) is 5.75 Å². The van der Waals surface area contributed by atoms with Crippen molar-refractivity contribution in [3.63, 3.8) is 0 Å². The van der Waals surface area contributed by atoms with Crippen LogP contribution in [0.25, 0.3) is 0 Å². The van der Waals surface area contributed by atoms with Crippen LogP contribution in [0.1, 0.15) is 49.4 Å². The first-order valence-electron chi connectivity index (χ1n) is 11.2. The van der Waals surface area contributed by atoms with E-state index in [1.165, 1.54) is 16.7 Å². The van der Waals surface area contributed by atoms with Gasteiger partial charge in [-0.05, 0) is 43.4 Å². The highest BCUT2D eigenvalue weighted by atomic mass is 35.5. The Bertz CT molecular complexity index is 896. The third-order valence-corrected chi connectivity index (χ3v) is 6.50. The molecule has 2 aromatic rings. The van der Waals surface area contributed by atoms with Crippen molar-refractivity contribution in [3.05, 3.63) is 69.7 Å². The van der Waals surface area contributed by atoms with Gasteiger partial charge in [0, 0.05) is 23.9 Å². The van der Waals surface area contributed by atoms with Gasteiger partial charge in [-0.2, -0.15) is 0 Å². The molecule has 0 fully saturated rings. The number of nitrogens with one attached hydrogen (secondary N) is 1. The van der Waals surface area contributed by atoms with E-state index >= 15 is 0 Å². The summed E-state index contributed by atoms with van der Waals surface area (Å²) in [5.74, 6) is 1.25. The highest BCUT2D eigenvalue weighted by molar-refractivity contribution is 7.99. The van der Waals surface area contributed by atoms with E-state index in [1.54, 1.807) is 16.7 Å². The normalized spacial score (nSPS) is 12.0. The highest BCUT2D eigenvalue weighted by Gasteiger charge is 2.29. The smallest absolute Gasteiger partial charge is 0.242 e. The minimum atomic E-state index is -0.528. The van der Waals surface area contributed by atoms with E-state index in [9.17, 15) is 9.59 Å². The fourth-order valence-corrected chi connectivity index (χ4v) is 4.68. The number of carbonyl (C=O) groups is 2. The first kappa shape index (κ1) is 26.3. The molecule has 32 heavy (non-hydrogen) atoms. The van der Waals surface area contributed by atoms with Crippen molar-refractivity contribution in [2.75, 3.05) is 12.3 Å². The van der Waals surface area contributed by atoms with Gasteiger partial charge < -0.3 is 10.2 Å². The summed E-state index contributed by atoms with van der Waals surface area (Å²) in [6.07, 6.45) is 0.544. The first-order valence-corrected chi connectivity index (χ1v) is 12.7. The van der Waals surface area contributed by atoms with Gasteiger partial charge in [-0.25, -0.2) is 0 Å². The molecule has 0 aliphatic heterocycles. The minimum absolute atomic E-state index is 0.0501. The molecule has 2 rings (SSSR count). The summed E-state index contributed by atoms with van der Waals surface area (Å²) in [5.41, 5.74) is 4.50.